The van der Waals surface area contributed by atoms with Crippen LogP contribution in [0, 0.1) is 0 Å². The minimum atomic E-state index is -4.44. The molecule has 11 heteroatoms. The van der Waals surface area contributed by atoms with E-state index in [4.69, 9.17) is 30.3 Å². The van der Waals surface area contributed by atoms with Crippen LogP contribution in [-0.4, -0.2) is 30.3 Å². The van der Waals surface area contributed by atoms with Gasteiger partial charge in [-0.05, 0) is 24.3 Å². The molecule has 3 aromatic rings. The van der Waals surface area contributed by atoms with Crippen LogP contribution in [-0.2, 0) is 17.5 Å². The molecule has 0 atom stereocenters. The Morgan fingerprint density at radius 1 is 1.13 bits per heavy atom. The summed E-state index contributed by atoms with van der Waals surface area (Å²) < 4.78 is 58.2. The third kappa shape index (κ3) is 4.65. The average Bonchev–Trinajstić information content (AvgIpc) is 3.19. The first kappa shape index (κ1) is 21.4. The number of rotatable bonds is 6. The largest absolute Gasteiger partial charge is 0.493 e. The Labute approximate surface area is 173 Å². The van der Waals surface area contributed by atoms with Crippen LogP contribution in [0.4, 0.5) is 13.2 Å². The van der Waals surface area contributed by atoms with Crippen molar-refractivity contribution in [1.82, 2.24) is 10.1 Å². The van der Waals surface area contributed by atoms with Crippen molar-refractivity contribution in [2.75, 3.05) is 14.2 Å². The molecule has 0 radical (unpaired) electrons. The molecule has 0 saturated heterocycles. The fourth-order valence-electron chi connectivity index (χ4n) is 2.49. The molecule has 1 aromatic heterocycles. The lowest BCUT2D eigenvalue weighted by molar-refractivity contribution is -0.137. The SMILES string of the molecule is COc1cc(C(=O)OCc2nc(-c3ccc(C(F)(F)F)cc3)no2)cc(Cl)c1OC. The summed E-state index contributed by atoms with van der Waals surface area (Å²) in [7, 11) is 2.80. The zero-order valence-electron chi connectivity index (χ0n) is 15.6. The molecule has 0 fully saturated rings. The summed E-state index contributed by atoms with van der Waals surface area (Å²) in [6, 6.07) is 7.00. The summed E-state index contributed by atoms with van der Waals surface area (Å²) in [5.74, 6) is -0.186. The highest BCUT2D eigenvalue weighted by Crippen LogP contribution is 2.36. The third-order valence-corrected chi connectivity index (χ3v) is 4.22. The minimum Gasteiger partial charge on any atom is -0.493 e. The number of benzene rings is 2. The predicted octanol–water partition coefficient (Wildman–Crippen LogP) is 4.78. The molecule has 0 spiro atoms. The van der Waals surface area contributed by atoms with Gasteiger partial charge in [0.05, 0.1) is 30.4 Å². The van der Waals surface area contributed by atoms with Gasteiger partial charge in [-0.15, -0.1) is 0 Å². The van der Waals surface area contributed by atoms with Gasteiger partial charge in [-0.2, -0.15) is 18.2 Å². The second-order valence-electron chi connectivity index (χ2n) is 5.86. The van der Waals surface area contributed by atoms with E-state index in [2.05, 4.69) is 10.1 Å². The van der Waals surface area contributed by atoms with E-state index in [9.17, 15) is 18.0 Å². The number of nitrogens with zero attached hydrogens (tertiary/aromatic N) is 2. The number of ether oxygens (including phenoxy) is 3. The van der Waals surface area contributed by atoms with Crippen LogP contribution in [0.25, 0.3) is 11.4 Å². The number of carbonyl (C=O) groups is 1. The molecule has 0 aliphatic rings. The summed E-state index contributed by atoms with van der Waals surface area (Å²) in [6.45, 7) is -0.349. The van der Waals surface area contributed by atoms with Gasteiger partial charge in [0, 0.05) is 5.56 Å². The number of aromatic nitrogens is 2. The molecule has 3 rings (SSSR count). The van der Waals surface area contributed by atoms with Crippen LogP contribution in [0.2, 0.25) is 5.02 Å². The van der Waals surface area contributed by atoms with Gasteiger partial charge in [0.2, 0.25) is 5.82 Å². The van der Waals surface area contributed by atoms with E-state index in [-0.39, 0.29) is 40.4 Å². The fraction of sp³-hybridized carbons (Fsp3) is 0.211. The Balaban J connectivity index is 1.68. The normalized spacial score (nSPS) is 11.3. The molecule has 0 bridgehead atoms. The van der Waals surface area contributed by atoms with Crippen LogP contribution in [0.5, 0.6) is 11.5 Å². The molecule has 0 aliphatic carbocycles. The van der Waals surface area contributed by atoms with Gasteiger partial charge in [0.15, 0.2) is 18.1 Å². The number of alkyl halides is 3. The monoisotopic (exact) mass is 442 g/mol. The maximum absolute atomic E-state index is 12.6. The molecule has 2 aromatic carbocycles. The first-order valence-corrected chi connectivity index (χ1v) is 8.69. The highest BCUT2D eigenvalue weighted by Gasteiger charge is 2.30. The van der Waals surface area contributed by atoms with Crippen LogP contribution in [0.15, 0.2) is 40.9 Å². The Morgan fingerprint density at radius 3 is 2.43 bits per heavy atom. The zero-order chi connectivity index (χ0) is 21.9. The number of methoxy groups -OCH3 is 2. The van der Waals surface area contributed by atoms with Crippen LogP contribution in [0.3, 0.4) is 0 Å². The van der Waals surface area contributed by atoms with E-state index in [0.29, 0.717) is 5.56 Å². The number of hydrogen-bond donors (Lipinski definition) is 0. The highest BCUT2D eigenvalue weighted by atomic mass is 35.5. The van der Waals surface area contributed by atoms with Crippen molar-refractivity contribution in [1.29, 1.82) is 0 Å². The van der Waals surface area contributed by atoms with Gasteiger partial charge >= 0.3 is 12.1 Å². The molecule has 7 nitrogen and oxygen atoms in total. The van der Waals surface area contributed by atoms with Crippen molar-refractivity contribution in [2.24, 2.45) is 0 Å². The van der Waals surface area contributed by atoms with E-state index in [1.807, 2.05) is 0 Å². The maximum Gasteiger partial charge on any atom is 0.416 e. The molecule has 158 valence electrons. The number of esters is 1. The molecular formula is C19H14ClF3N2O5. The third-order valence-electron chi connectivity index (χ3n) is 3.93. The first-order chi connectivity index (χ1) is 14.2. The quantitative estimate of drug-likeness (QED) is 0.508. The van der Waals surface area contributed by atoms with Gasteiger partial charge < -0.3 is 18.7 Å². The summed E-state index contributed by atoms with van der Waals surface area (Å²) in [5.41, 5.74) is -0.367. The second-order valence-corrected chi connectivity index (χ2v) is 6.26. The molecule has 30 heavy (non-hydrogen) atoms. The molecule has 1 heterocycles. The average molecular weight is 443 g/mol. The minimum absolute atomic E-state index is 0.0372. The number of carbonyl (C=O) groups excluding carboxylic acids is 1. The van der Waals surface area contributed by atoms with E-state index in [1.54, 1.807) is 0 Å². The maximum atomic E-state index is 12.6. The lowest BCUT2D eigenvalue weighted by Gasteiger charge is -2.11. The van der Waals surface area contributed by atoms with Gasteiger partial charge in [-0.3, -0.25) is 0 Å². The zero-order valence-corrected chi connectivity index (χ0v) is 16.4. The highest BCUT2D eigenvalue weighted by molar-refractivity contribution is 6.32. The van der Waals surface area contributed by atoms with Gasteiger partial charge in [0.1, 0.15) is 0 Å². The molecule has 0 unspecified atom stereocenters. The van der Waals surface area contributed by atoms with Gasteiger partial charge in [0.25, 0.3) is 5.89 Å². The lowest BCUT2D eigenvalue weighted by atomic mass is 10.1. The van der Waals surface area contributed by atoms with Crippen molar-refractivity contribution < 1.29 is 36.7 Å². The first-order valence-electron chi connectivity index (χ1n) is 8.31. The van der Waals surface area contributed by atoms with Gasteiger partial charge in [-0.1, -0.05) is 28.9 Å². The van der Waals surface area contributed by atoms with Crippen molar-refractivity contribution in [3.05, 3.63) is 58.4 Å². The van der Waals surface area contributed by atoms with E-state index >= 15 is 0 Å². The standard InChI is InChI=1S/C19H14ClF3N2O5/c1-27-14-8-11(7-13(20)16(14)28-2)18(26)29-9-15-24-17(25-30-15)10-3-5-12(6-4-10)19(21,22)23/h3-8H,9H2,1-2H3. The summed E-state index contributed by atoms with van der Waals surface area (Å²) >= 11 is 6.06. The fourth-order valence-corrected chi connectivity index (χ4v) is 2.77. The molecule has 0 amide bonds. The van der Waals surface area contributed by atoms with E-state index < -0.39 is 17.7 Å². The van der Waals surface area contributed by atoms with Gasteiger partial charge in [-0.25, -0.2) is 4.79 Å². The van der Waals surface area contributed by atoms with Crippen LogP contribution < -0.4 is 9.47 Å². The van der Waals surface area contributed by atoms with Crippen LogP contribution in [0.1, 0.15) is 21.8 Å². The Hall–Kier alpha value is -3.27. The molecule has 0 N–H and O–H groups in total. The smallest absolute Gasteiger partial charge is 0.416 e. The molecule has 0 aliphatic heterocycles. The Morgan fingerprint density at radius 2 is 1.83 bits per heavy atom. The van der Waals surface area contributed by atoms with Crippen LogP contribution >= 0.6 is 11.6 Å². The topological polar surface area (TPSA) is 83.7 Å². The summed E-state index contributed by atoms with van der Waals surface area (Å²) in [4.78, 5) is 16.3. The Bertz CT molecular complexity index is 1050. The lowest BCUT2D eigenvalue weighted by Crippen LogP contribution is -2.06. The summed E-state index contributed by atoms with van der Waals surface area (Å²) in [5, 5.41) is 3.84. The van der Waals surface area contributed by atoms with Crippen molar-refractivity contribution >= 4 is 17.6 Å². The summed E-state index contributed by atoms with van der Waals surface area (Å²) in [6.07, 6.45) is -4.44. The van der Waals surface area contributed by atoms with Crippen molar-refractivity contribution in [2.45, 2.75) is 12.8 Å². The number of halogens is 4. The predicted molar refractivity (Wildman–Crippen MR) is 98.4 cm³/mol. The Kier molecular flexibility index (Phi) is 6.16. The van der Waals surface area contributed by atoms with Crippen molar-refractivity contribution in [3.8, 4) is 22.9 Å². The number of hydrogen-bond acceptors (Lipinski definition) is 7. The van der Waals surface area contributed by atoms with E-state index in [0.717, 1.165) is 12.1 Å². The van der Waals surface area contributed by atoms with E-state index in [1.165, 1.54) is 38.5 Å². The molecule has 0 saturated carbocycles. The molecular weight excluding hydrogens is 429 g/mol. The van der Waals surface area contributed by atoms with Crippen molar-refractivity contribution in [3.63, 3.8) is 0 Å². The second kappa shape index (κ2) is 8.62.